The molecule has 1 unspecified atom stereocenters. The second-order valence-electron chi connectivity index (χ2n) is 6.17. The second-order valence-corrected chi connectivity index (χ2v) is 6.17. The molecule has 2 aromatic rings. The molecule has 0 saturated carbocycles. The number of benzene rings is 2. The molecule has 0 heterocycles. The first-order valence-electron chi connectivity index (χ1n) is 8.41. The van der Waals surface area contributed by atoms with E-state index >= 15 is 0 Å². The van der Waals surface area contributed by atoms with Crippen LogP contribution in [0, 0.1) is 13.8 Å². The zero-order chi connectivity index (χ0) is 20.0. The van der Waals surface area contributed by atoms with E-state index in [0.717, 1.165) is 11.1 Å². The van der Waals surface area contributed by atoms with Crippen LogP contribution < -0.4 is 20.1 Å². The van der Waals surface area contributed by atoms with Crippen molar-refractivity contribution in [3.05, 3.63) is 53.1 Å². The highest BCUT2D eigenvalue weighted by atomic mass is 16.5. The van der Waals surface area contributed by atoms with Crippen LogP contribution in [0.1, 0.15) is 22.8 Å². The lowest BCUT2D eigenvalue weighted by Crippen LogP contribution is -2.37. The topological polar surface area (TPSA) is 96.9 Å². The Morgan fingerprint density at radius 3 is 2.19 bits per heavy atom. The molecule has 0 bridgehead atoms. The molecule has 0 aliphatic carbocycles. The lowest BCUT2D eigenvalue weighted by Gasteiger charge is -2.15. The average Bonchev–Trinajstić information content (AvgIpc) is 2.64. The van der Waals surface area contributed by atoms with Crippen LogP contribution in [0.3, 0.4) is 0 Å². The average molecular weight is 372 g/mol. The van der Waals surface area contributed by atoms with Gasteiger partial charge in [-0.1, -0.05) is 12.1 Å². The van der Waals surface area contributed by atoms with Crippen molar-refractivity contribution in [2.75, 3.05) is 26.1 Å². The van der Waals surface area contributed by atoms with Crippen molar-refractivity contribution in [3.63, 3.8) is 0 Å². The first kappa shape index (κ1) is 20.3. The number of hydrogen-bond acceptors (Lipinski definition) is 5. The molecule has 2 aromatic carbocycles. The van der Waals surface area contributed by atoms with Gasteiger partial charge in [-0.2, -0.15) is 0 Å². The van der Waals surface area contributed by atoms with E-state index in [9.17, 15) is 14.7 Å². The zero-order valence-corrected chi connectivity index (χ0v) is 15.8. The minimum atomic E-state index is -0.997. The number of aryl methyl sites for hydroxylation is 2. The molecule has 0 fully saturated rings. The molecule has 0 aromatic heterocycles. The summed E-state index contributed by atoms with van der Waals surface area (Å²) in [5, 5.41) is 15.2. The SMILES string of the molecule is COc1ccc(C(O)CNC(=O)C(=O)Nc2cc(C)cc(C)c2)cc1OC. The number of aliphatic hydroxyl groups is 1. The van der Waals surface area contributed by atoms with Gasteiger partial charge in [0, 0.05) is 12.2 Å². The monoisotopic (exact) mass is 372 g/mol. The number of methoxy groups -OCH3 is 2. The summed E-state index contributed by atoms with van der Waals surface area (Å²) in [5.74, 6) is -0.619. The molecule has 27 heavy (non-hydrogen) atoms. The number of nitrogens with one attached hydrogen (secondary N) is 2. The Balaban J connectivity index is 1.95. The van der Waals surface area contributed by atoms with Crippen LogP contribution in [0.2, 0.25) is 0 Å². The summed E-state index contributed by atoms with van der Waals surface area (Å²) in [7, 11) is 3.01. The van der Waals surface area contributed by atoms with E-state index in [2.05, 4.69) is 10.6 Å². The number of carbonyl (C=O) groups excluding carboxylic acids is 2. The Labute approximate surface area is 158 Å². The van der Waals surface area contributed by atoms with Gasteiger partial charge in [0.05, 0.1) is 20.3 Å². The smallest absolute Gasteiger partial charge is 0.313 e. The fraction of sp³-hybridized carbons (Fsp3) is 0.300. The molecular weight excluding hydrogens is 348 g/mol. The summed E-state index contributed by atoms with van der Waals surface area (Å²) in [4.78, 5) is 24.0. The molecule has 7 nitrogen and oxygen atoms in total. The molecule has 2 amide bonds. The van der Waals surface area contributed by atoms with Crippen molar-refractivity contribution >= 4 is 17.5 Å². The van der Waals surface area contributed by atoms with E-state index in [1.807, 2.05) is 19.9 Å². The third-order valence-electron chi connectivity index (χ3n) is 3.93. The van der Waals surface area contributed by atoms with Gasteiger partial charge in [-0.05, 0) is 54.8 Å². The molecule has 0 spiro atoms. The largest absolute Gasteiger partial charge is 0.493 e. The molecule has 3 N–H and O–H groups in total. The fourth-order valence-corrected chi connectivity index (χ4v) is 2.68. The highest BCUT2D eigenvalue weighted by molar-refractivity contribution is 6.39. The standard InChI is InChI=1S/C20H24N2O5/c1-12-7-13(2)9-15(8-12)22-20(25)19(24)21-11-16(23)14-5-6-17(26-3)18(10-14)27-4/h5-10,16,23H,11H2,1-4H3,(H,21,24)(H,22,25). The Hall–Kier alpha value is -3.06. The Kier molecular flexibility index (Phi) is 6.79. The van der Waals surface area contributed by atoms with E-state index in [0.29, 0.717) is 22.7 Å². The van der Waals surface area contributed by atoms with E-state index in [4.69, 9.17) is 9.47 Å². The minimum Gasteiger partial charge on any atom is -0.493 e. The van der Waals surface area contributed by atoms with Crippen LogP contribution in [-0.4, -0.2) is 37.7 Å². The maximum atomic E-state index is 12.0. The summed E-state index contributed by atoms with van der Waals surface area (Å²) >= 11 is 0. The van der Waals surface area contributed by atoms with Gasteiger partial charge in [0.15, 0.2) is 11.5 Å². The number of anilines is 1. The van der Waals surface area contributed by atoms with Crippen LogP contribution in [0.4, 0.5) is 5.69 Å². The maximum absolute atomic E-state index is 12.0. The van der Waals surface area contributed by atoms with E-state index in [1.54, 1.807) is 30.3 Å². The van der Waals surface area contributed by atoms with Crippen molar-refractivity contribution in [1.82, 2.24) is 5.32 Å². The van der Waals surface area contributed by atoms with Crippen molar-refractivity contribution in [2.45, 2.75) is 20.0 Å². The van der Waals surface area contributed by atoms with E-state index < -0.39 is 17.9 Å². The van der Waals surface area contributed by atoms with Crippen LogP contribution in [-0.2, 0) is 9.59 Å². The molecule has 2 rings (SSSR count). The van der Waals surface area contributed by atoms with Gasteiger partial charge in [-0.3, -0.25) is 9.59 Å². The van der Waals surface area contributed by atoms with Gasteiger partial charge >= 0.3 is 11.8 Å². The molecule has 1 atom stereocenters. The summed E-state index contributed by atoms with van der Waals surface area (Å²) < 4.78 is 10.3. The normalized spacial score (nSPS) is 11.4. The van der Waals surface area contributed by atoms with Gasteiger partial charge in [0.2, 0.25) is 0 Å². The quantitative estimate of drug-likeness (QED) is 0.675. The van der Waals surface area contributed by atoms with Gasteiger partial charge in [-0.15, -0.1) is 0 Å². The lowest BCUT2D eigenvalue weighted by atomic mass is 10.1. The number of hydrogen-bond donors (Lipinski definition) is 3. The molecule has 144 valence electrons. The number of aliphatic hydroxyl groups excluding tert-OH is 1. The van der Waals surface area contributed by atoms with Gasteiger partial charge in [0.25, 0.3) is 0 Å². The summed E-state index contributed by atoms with van der Waals surface area (Å²) in [6, 6.07) is 10.5. The van der Waals surface area contributed by atoms with E-state index in [-0.39, 0.29) is 6.54 Å². The molecule has 0 radical (unpaired) electrons. The fourth-order valence-electron chi connectivity index (χ4n) is 2.68. The predicted octanol–water partition coefficient (Wildman–Crippen LogP) is 2.11. The zero-order valence-electron chi connectivity index (χ0n) is 15.8. The van der Waals surface area contributed by atoms with Crippen molar-refractivity contribution in [3.8, 4) is 11.5 Å². The number of ether oxygens (including phenoxy) is 2. The molecule has 0 aliphatic heterocycles. The summed E-state index contributed by atoms with van der Waals surface area (Å²) in [6.45, 7) is 3.69. The van der Waals surface area contributed by atoms with Gasteiger partial charge in [-0.25, -0.2) is 0 Å². The predicted molar refractivity (Wildman–Crippen MR) is 102 cm³/mol. The molecule has 0 aliphatic rings. The second kappa shape index (κ2) is 9.05. The summed E-state index contributed by atoms with van der Waals surface area (Å²) in [5.41, 5.74) is 3.04. The van der Waals surface area contributed by atoms with E-state index in [1.165, 1.54) is 14.2 Å². The van der Waals surface area contributed by atoms with Crippen LogP contribution in [0.15, 0.2) is 36.4 Å². The molecule has 0 saturated heterocycles. The Morgan fingerprint density at radius 1 is 0.963 bits per heavy atom. The highest BCUT2D eigenvalue weighted by Crippen LogP contribution is 2.29. The van der Waals surface area contributed by atoms with Crippen LogP contribution in [0.25, 0.3) is 0 Å². The highest BCUT2D eigenvalue weighted by Gasteiger charge is 2.17. The Bertz CT molecular complexity index is 815. The Morgan fingerprint density at radius 2 is 1.59 bits per heavy atom. The number of carbonyl (C=O) groups is 2. The molecular formula is C20H24N2O5. The van der Waals surface area contributed by atoms with Gasteiger partial charge < -0.3 is 25.2 Å². The van der Waals surface area contributed by atoms with Crippen molar-refractivity contribution < 1.29 is 24.2 Å². The third kappa shape index (κ3) is 5.46. The number of rotatable bonds is 6. The summed E-state index contributed by atoms with van der Waals surface area (Å²) in [6.07, 6.45) is -0.997. The van der Waals surface area contributed by atoms with Crippen molar-refractivity contribution in [2.24, 2.45) is 0 Å². The minimum absolute atomic E-state index is 0.116. The van der Waals surface area contributed by atoms with Crippen LogP contribution in [0.5, 0.6) is 11.5 Å². The lowest BCUT2D eigenvalue weighted by molar-refractivity contribution is -0.136. The first-order valence-corrected chi connectivity index (χ1v) is 8.41. The molecule has 7 heteroatoms. The van der Waals surface area contributed by atoms with Gasteiger partial charge in [0.1, 0.15) is 0 Å². The van der Waals surface area contributed by atoms with Crippen LogP contribution >= 0.6 is 0 Å². The number of amides is 2. The maximum Gasteiger partial charge on any atom is 0.313 e. The third-order valence-corrected chi connectivity index (χ3v) is 3.93. The first-order chi connectivity index (χ1) is 12.8. The van der Waals surface area contributed by atoms with Crippen molar-refractivity contribution in [1.29, 1.82) is 0 Å².